The van der Waals surface area contributed by atoms with Crippen molar-refractivity contribution in [2.45, 2.75) is 69.5 Å². The number of carbonyl (C=O) groups is 2. The van der Waals surface area contributed by atoms with Crippen LogP contribution in [0.15, 0.2) is 65.6 Å². The summed E-state index contributed by atoms with van der Waals surface area (Å²) >= 11 is 6.27. The SMILES string of the molecule is CCC(C(=O)NC1CCCC1)N(Cc1ccc(F)cc1)C(=O)CN(c1cc(Cl)ccc1OC)S(=O)(=O)c1ccc(C)c([N+](=O)[O-])c1. The number of benzene rings is 3. The van der Waals surface area contributed by atoms with E-state index in [2.05, 4.69) is 5.32 Å². The first-order valence-corrected chi connectivity index (χ1v) is 16.6. The lowest BCUT2D eigenvalue weighted by atomic mass is 10.1. The summed E-state index contributed by atoms with van der Waals surface area (Å²) in [4.78, 5) is 39.7. The number of rotatable bonds is 13. The van der Waals surface area contributed by atoms with Crippen molar-refractivity contribution in [2.75, 3.05) is 18.0 Å². The number of methoxy groups -OCH3 is 1. The molecule has 246 valence electrons. The molecule has 1 unspecified atom stereocenters. The van der Waals surface area contributed by atoms with Crippen LogP contribution in [0.5, 0.6) is 5.75 Å². The first kappa shape index (κ1) is 34.6. The van der Waals surface area contributed by atoms with E-state index in [1.165, 1.54) is 73.5 Å². The molecule has 1 atom stereocenters. The zero-order valence-electron chi connectivity index (χ0n) is 25.7. The zero-order valence-corrected chi connectivity index (χ0v) is 27.3. The van der Waals surface area contributed by atoms with E-state index >= 15 is 0 Å². The Balaban J connectivity index is 1.81. The Hall–Kier alpha value is -4.23. The maximum Gasteiger partial charge on any atom is 0.273 e. The van der Waals surface area contributed by atoms with Gasteiger partial charge in [-0.3, -0.25) is 24.0 Å². The quantitative estimate of drug-likeness (QED) is 0.179. The number of amides is 2. The van der Waals surface area contributed by atoms with Gasteiger partial charge in [0.2, 0.25) is 11.8 Å². The Morgan fingerprint density at radius 3 is 2.39 bits per heavy atom. The van der Waals surface area contributed by atoms with Crippen LogP contribution in [0.1, 0.15) is 50.2 Å². The van der Waals surface area contributed by atoms with E-state index in [1.54, 1.807) is 6.92 Å². The number of nitrogens with zero attached hydrogens (tertiary/aromatic N) is 3. The highest BCUT2D eigenvalue weighted by molar-refractivity contribution is 7.92. The highest BCUT2D eigenvalue weighted by Gasteiger charge is 2.36. The number of anilines is 1. The maximum atomic E-state index is 14.3. The van der Waals surface area contributed by atoms with Gasteiger partial charge < -0.3 is 15.0 Å². The fourth-order valence-electron chi connectivity index (χ4n) is 5.52. The molecule has 1 aliphatic carbocycles. The number of hydrogen-bond donors (Lipinski definition) is 1. The van der Waals surface area contributed by atoms with Crippen LogP contribution >= 0.6 is 11.6 Å². The Labute approximate surface area is 272 Å². The molecule has 0 heterocycles. The van der Waals surface area contributed by atoms with Gasteiger partial charge in [0.1, 0.15) is 24.2 Å². The average molecular weight is 675 g/mol. The average Bonchev–Trinajstić information content (AvgIpc) is 3.53. The molecule has 0 saturated heterocycles. The predicted molar refractivity (Wildman–Crippen MR) is 172 cm³/mol. The second kappa shape index (κ2) is 14.9. The van der Waals surface area contributed by atoms with E-state index in [0.29, 0.717) is 5.56 Å². The molecule has 11 nitrogen and oxygen atoms in total. The molecule has 3 aromatic rings. The molecule has 0 aromatic heterocycles. The lowest BCUT2D eigenvalue weighted by molar-refractivity contribution is -0.385. The smallest absolute Gasteiger partial charge is 0.273 e. The molecule has 0 radical (unpaired) electrons. The van der Waals surface area contributed by atoms with Crippen LogP contribution in [0.3, 0.4) is 0 Å². The van der Waals surface area contributed by atoms with E-state index in [0.717, 1.165) is 36.1 Å². The van der Waals surface area contributed by atoms with Crippen molar-refractivity contribution in [1.29, 1.82) is 0 Å². The molecule has 0 bridgehead atoms. The van der Waals surface area contributed by atoms with Gasteiger partial charge in [-0.2, -0.15) is 0 Å². The molecule has 0 spiro atoms. The van der Waals surface area contributed by atoms with Crippen molar-refractivity contribution in [2.24, 2.45) is 0 Å². The normalized spacial score (nSPS) is 14.0. The second-order valence-electron chi connectivity index (χ2n) is 11.1. The Bertz CT molecular complexity index is 1700. The van der Waals surface area contributed by atoms with Gasteiger partial charge >= 0.3 is 0 Å². The molecule has 3 aromatic carbocycles. The summed E-state index contributed by atoms with van der Waals surface area (Å²) in [5.41, 5.74) is 0.261. The Morgan fingerprint density at radius 1 is 1.11 bits per heavy atom. The lowest BCUT2D eigenvalue weighted by Crippen LogP contribution is -2.53. The number of sulfonamides is 1. The van der Waals surface area contributed by atoms with E-state index in [1.807, 2.05) is 0 Å². The van der Waals surface area contributed by atoms with Gasteiger partial charge in [-0.05, 0) is 68.1 Å². The molecular formula is C32H36ClFN4O7S. The third-order valence-corrected chi connectivity index (χ3v) is 10.00. The van der Waals surface area contributed by atoms with E-state index in [4.69, 9.17) is 16.3 Å². The van der Waals surface area contributed by atoms with Crippen LogP contribution in [0, 0.1) is 22.9 Å². The fourth-order valence-corrected chi connectivity index (χ4v) is 7.12. The Morgan fingerprint density at radius 2 is 1.78 bits per heavy atom. The minimum atomic E-state index is -4.66. The largest absolute Gasteiger partial charge is 0.495 e. The highest BCUT2D eigenvalue weighted by Crippen LogP contribution is 2.36. The van der Waals surface area contributed by atoms with Gasteiger partial charge in [0.05, 0.1) is 22.6 Å². The van der Waals surface area contributed by atoms with Crippen LogP contribution in [-0.4, -0.2) is 55.8 Å². The summed E-state index contributed by atoms with van der Waals surface area (Å²) in [5.74, 6) is -1.54. The topological polar surface area (TPSA) is 139 Å². The predicted octanol–water partition coefficient (Wildman–Crippen LogP) is 5.77. The molecule has 4 rings (SSSR count). The third kappa shape index (κ3) is 7.94. The molecule has 1 saturated carbocycles. The standard InChI is InChI=1S/C32H36ClFN4O7S/c1-4-27(32(40)35-25-7-5-6-8-25)36(19-22-10-13-24(34)14-11-22)31(39)20-37(29-17-23(33)12-16-30(29)45-3)46(43,44)26-15-9-21(2)28(18-26)38(41)42/h9-18,25,27H,4-8,19-20H2,1-3H3,(H,35,40). The molecule has 0 aliphatic heterocycles. The minimum Gasteiger partial charge on any atom is -0.495 e. The molecule has 1 fully saturated rings. The summed E-state index contributed by atoms with van der Waals surface area (Å²) in [6.07, 6.45) is 3.80. The number of nitro groups is 1. The molecule has 14 heteroatoms. The first-order valence-electron chi connectivity index (χ1n) is 14.8. The van der Waals surface area contributed by atoms with Gasteiger partial charge in [-0.1, -0.05) is 49.6 Å². The van der Waals surface area contributed by atoms with E-state index < -0.39 is 49.8 Å². The minimum absolute atomic E-state index is 0.0331. The summed E-state index contributed by atoms with van der Waals surface area (Å²) in [7, 11) is -3.35. The van der Waals surface area contributed by atoms with Crippen LogP contribution < -0.4 is 14.4 Å². The third-order valence-electron chi connectivity index (χ3n) is 8.01. The summed E-state index contributed by atoms with van der Waals surface area (Å²) in [6.45, 7) is 2.29. The van der Waals surface area contributed by atoms with Crippen LogP contribution in [0.25, 0.3) is 0 Å². The fraction of sp³-hybridized carbons (Fsp3) is 0.375. The molecule has 1 aliphatic rings. The number of carbonyl (C=O) groups excluding carboxylic acids is 2. The van der Waals surface area contributed by atoms with Gasteiger partial charge in [-0.25, -0.2) is 12.8 Å². The van der Waals surface area contributed by atoms with Crippen LogP contribution in [0.4, 0.5) is 15.8 Å². The van der Waals surface area contributed by atoms with Gasteiger partial charge in [0.25, 0.3) is 15.7 Å². The molecular weight excluding hydrogens is 639 g/mol. The van der Waals surface area contributed by atoms with Gasteiger partial charge in [-0.15, -0.1) is 0 Å². The van der Waals surface area contributed by atoms with E-state index in [9.17, 15) is 32.5 Å². The van der Waals surface area contributed by atoms with Crippen molar-refractivity contribution in [1.82, 2.24) is 10.2 Å². The summed E-state index contributed by atoms with van der Waals surface area (Å²) < 4.78 is 48.5. The molecule has 2 amide bonds. The monoisotopic (exact) mass is 674 g/mol. The van der Waals surface area contributed by atoms with Crippen LogP contribution in [-0.2, 0) is 26.2 Å². The number of aryl methyl sites for hydroxylation is 1. The Kier molecular flexibility index (Phi) is 11.2. The summed E-state index contributed by atoms with van der Waals surface area (Å²) in [5, 5.41) is 14.8. The first-order chi connectivity index (χ1) is 21.8. The summed E-state index contributed by atoms with van der Waals surface area (Å²) in [6, 6.07) is 12.1. The number of nitro benzene ring substituents is 1. The second-order valence-corrected chi connectivity index (χ2v) is 13.4. The van der Waals surface area contributed by atoms with Crippen molar-refractivity contribution in [3.8, 4) is 5.75 Å². The maximum absolute atomic E-state index is 14.3. The van der Waals surface area contributed by atoms with Crippen molar-refractivity contribution in [3.05, 3.63) is 92.7 Å². The van der Waals surface area contributed by atoms with E-state index in [-0.39, 0.29) is 46.9 Å². The number of nitrogens with one attached hydrogen (secondary N) is 1. The number of ether oxygens (including phenoxy) is 1. The highest BCUT2D eigenvalue weighted by atomic mass is 35.5. The van der Waals surface area contributed by atoms with Crippen molar-refractivity contribution >= 4 is 44.8 Å². The number of hydrogen-bond acceptors (Lipinski definition) is 7. The van der Waals surface area contributed by atoms with Gasteiger partial charge in [0.15, 0.2) is 0 Å². The van der Waals surface area contributed by atoms with Crippen LogP contribution in [0.2, 0.25) is 5.02 Å². The van der Waals surface area contributed by atoms with Gasteiger partial charge in [0, 0.05) is 29.2 Å². The number of halogens is 2. The lowest BCUT2D eigenvalue weighted by Gasteiger charge is -2.34. The molecule has 1 N–H and O–H groups in total. The zero-order chi connectivity index (χ0) is 33.6. The molecule has 46 heavy (non-hydrogen) atoms. The van der Waals surface area contributed by atoms with Crippen molar-refractivity contribution in [3.63, 3.8) is 0 Å². The van der Waals surface area contributed by atoms with Crippen molar-refractivity contribution < 1.29 is 32.1 Å².